The average molecular weight is 357 g/mol. The summed E-state index contributed by atoms with van der Waals surface area (Å²) in [6.07, 6.45) is 3.67. The predicted molar refractivity (Wildman–Crippen MR) is 85.4 cm³/mol. The van der Waals surface area contributed by atoms with E-state index in [0.29, 0.717) is 18.0 Å². The van der Waals surface area contributed by atoms with Gasteiger partial charge in [-0.05, 0) is 24.8 Å². The van der Waals surface area contributed by atoms with Gasteiger partial charge in [-0.2, -0.15) is 0 Å². The smallest absolute Gasteiger partial charge is 0.191 e. The van der Waals surface area contributed by atoms with E-state index in [0.717, 1.165) is 12.4 Å². The third-order valence-electron chi connectivity index (χ3n) is 3.74. The first-order valence-electron chi connectivity index (χ1n) is 6.37. The van der Waals surface area contributed by atoms with E-state index in [9.17, 15) is 0 Å². The summed E-state index contributed by atoms with van der Waals surface area (Å²) in [5.74, 6) is 1.30. The van der Waals surface area contributed by atoms with E-state index in [1.165, 1.54) is 18.4 Å². The Kier molecular flexibility index (Phi) is 4.14. The molecule has 98 valence electrons. The zero-order chi connectivity index (χ0) is 11.8. The third kappa shape index (κ3) is 2.96. The Morgan fingerprint density at radius 1 is 1.28 bits per heavy atom. The van der Waals surface area contributed by atoms with Crippen LogP contribution < -0.4 is 5.73 Å². The van der Waals surface area contributed by atoms with Crippen molar-refractivity contribution in [1.29, 1.82) is 0 Å². The van der Waals surface area contributed by atoms with Crippen molar-refractivity contribution in [3.63, 3.8) is 0 Å². The second-order valence-corrected chi connectivity index (χ2v) is 5.15. The molecule has 0 radical (unpaired) electrons. The molecule has 2 atom stereocenters. The fourth-order valence-corrected chi connectivity index (χ4v) is 2.29. The van der Waals surface area contributed by atoms with Gasteiger partial charge in [-0.25, -0.2) is 4.99 Å². The van der Waals surface area contributed by atoms with Crippen molar-refractivity contribution in [3.05, 3.63) is 35.9 Å². The summed E-state index contributed by atoms with van der Waals surface area (Å²) in [6.45, 7) is 0. The number of nitrogens with zero attached hydrogens (tertiary/aromatic N) is 2. The summed E-state index contributed by atoms with van der Waals surface area (Å²) < 4.78 is 0. The number of hydrogen-bond acceptors (Lipinski definition) is 1. The lowest BCUT2D eigenvalue weighted by Gasteiger charge is -2.16. The second kappa shape index (κ2) is 5.47. The highest BCUT2D eigenvalue weighted by atomic mass is 127. The van der Waals surface area contributed by atoms with Crippen molar-refractivity contribution in [1.82, 2.24) is 4.90 Å². The third-order valence-corrected chi connectivity index (χ3v) is 3.74. The summed E-state index contributed by atoms with van der Waals surface area (Å²) in [5, 5.41) is 0. The first-order chi connectivity index (χ1) is 8.25. The van der Waals surface area contributed by atoms with Crippen LogP contribution in [-0.4, -0.2) is 30.0 Å². The van der Waals surface area contributed by atoms with Crippen molar-refractivity contribution in [2.45, 2.75) is 37.3 Å². The highest BCUT2D eigenvalue weighted by Crippen LogP contribution is 2.43. The van der Waals surface area contributed by atoms with E-state index in [1.54, 1.807) is 0 Å². The van der Waals surface area contributed by atoms with Crippen LogP contribution in [0.3, 0.4) is 0 Å². The largest absolute Gasteiger partial charge is 0.370 e. The van der Waals surface area contributed by atoms with E-state index in [2.05, 4.69) is 47.3 Å². The van der Waals surface area contributed by atoms with Gasteiger partial charge in [-0.3, -0.25) is 0 Å². The van der Waals surface area contributed by atoms with Crippen LogP contribution in [0.15, 0.2) is 35.3 Å². The Balaban J connectivity index is 0.00000120. The van der Waals surface area contributed by atoms with E-state index in [-0.39, 0.29) is 24.0 Å². The molecule has 0 bridgehead atoms. The summed E-state index contributed by atoms with van der Waals surface area (Å²) in [7, 11) is 2.05. The highest BCUT2D eigenvalue weighted by molar-refractivity contribution is 14.0. The van der Waals surface area contributed by atoms with Gasteiger partial charge in [0.05, 0.1) is 6.04 Å². The highest BCUT2D eigenvalue weighted by Gasteiger charge is 2.39. The maximum atomic E-state index is 6.02. The zero-order valence-electron chi connectivity index (χ0n) is 10.6. The fraction of sp³-hybridized carbons (Fsp3) is 0.500. The molecule has 0 amide bonds. The first kappa shape index (κ1) is 13.6. The lowest BCUT2D eigenvalue weighted by atomic mass is 10.1. The van der Waals surface area contributed by atoms with Gasteiger partial charge in [-0.1, -0.05) is 30.3 Å². The van der Waals surface area contributed by atoms with Crippen LogP contribution in [-0.2, 0) is 0 Å². The topological polar surface area (TPSA) is 41.6 Å². The zero-order valence-corrected chi connectivity index (χ0v) is 13.0. The molecule has 18 heavy (non-hydrogen) atoms. The number of hydrogen-bond donors (Lipinski definition) is 1. The maximum Gasteiger partial charge on any atom is 0.191 e. The predicted octanol–water partition coefficient (Wildman–Crippen LogP) is 2.57. The van der Waals surface area contributed by atoms with Crippen molar-refractivity contribution in [3.8, 4) is 0 Å². The number of rotatable bonds is 3. The molecule has 1 aromatic rings. The molecule has 0 heterocycles. The molecule has 2 aliphatic carbocycles. The van der Waals surface area contributed by atoms with E-state index >= 15 is 0 Å². The van der Waals surface area contributed by atoms with E-state index in [1.807, 2.05) is 0 Å². The summed E-state index contributed by atoms with van der Waals surface area (Å²) >= 11 is 0. The van der Waals surface area contributed by atoms with Gasteiger partial charge in [-0.15, -0.1) is 24.0 Å². The number of guanidine groups is 1. The molecule has 2 fully saturated rings. The SMILES string of the molecule is CN(C(N)=NC1CC1c1ccccc1)C1CC1.I. The summed E-state index contributed by atoms with van der Waals surface area (Å²) in [4.78, 5) is 6.75. The van der Waals surface area contributed by atoms with Crippen LogP contribution in [0.5, 0.6) is 0 Å². The lowest BCUT2D eigenvalue weighted by molar-refractivity contribution is 0.487. The van der Waals surface area contributed by atoms with Crippen molar-refractivity contribution in [2.75, 3.05) is 7.05 Å². The normalized spacial score (nSPS) is 26.4. The van der Waals surface area contributed by atoms with Crippen molar-refractivity contribution >= 4 is 29.9 Å². The van der Waals surface area contributed by atoms with Crippen LogP contribution in [0.25, 0.3) is 0 Å². The van der Waals surface area contributed by atoms with Gasteiger partial charge in [0, 0.05) is 19.0 Å². The molecule has 1 aromatic carbocycles. The van der Waals surface area contributed by atoms with Gasteiger partial charge < -0.3 is 10.6 Å². The minimum Gasteiger partial charge on any atom is -0.370 e. The van der Waals surface area contributed by atoms with Gasteiger partial charge in [0.15, 0.2) is 5.96 Å². The molecule has 0 aliphatic heterocycles. The van der Waals surface area contributed by atoms with Gasteiger partial charge >= 0.3 is 0 Å². The van der Waals surface area contributed by atoms with Crippen LogP contribution in [0.4, 0.5) is 0 Å². The Hall–Kier alpha value is -0.780. The molecule has 2 aliphatic rings. The first-order valence-corrected chi connectivity index (χ1v) is 6.37. The molecular formula is C14H20IN3. The van der Waals surface area contributed by atoms with Crippen LogP contribution in [0, 0.1) is 0 Å². The molecule has 3 rings (SSSR count). The van der Waals surface area contributed by atoms with E-state index < -0.39 is 0 Å². The monoisotopic (exact) mass is 357 g/mol. The quantitative estimate of drug-likeness (QED) is 0.513. The molecule has 3 nitrogen and oxygen atoms in total. The summed E-state index contributed by atoms with van der Waals surface area (Å²) in [6, 6.07) is 11.6. The second-order valence-electron chi connectivity index (χ2n) is 5.15. The van der Waals surface area contributed by atoms with Crippen molar-refractivity contribution in [2.24, 2.45) is 10.7 Å². The van der Waals surface area contributed by atoms with Gasteiger partial charge in [0.2, 0.25) is 0 Å². The Morgan fingerprint density at radius 2 is 1.94 bits per heavy atom. The van der Waals surface area contributed by atoms with Gasteiger partial charge in [0.1, 0.15) is 0 Å². The summed E-state index contributed by atoms with van der Waals surface area (Å²) in [5.41, 5.74) is 7.41. The molecule has 0 spiro atoms. The molecule has 2 N–H and O–H groups in total. The van der Waals surface area contributed by atoms with Gasteiger partial charge in [0.25, 0.3) is 0 Å². The van der Waals surface area contributed by atoms with Crippen LogP contribution >= 0.6 is 24.0 Å². The lowest BCUT2D eigenvalue weighted by Crippen LogP contribution is -2.36. The molecule has 4 heteroatoms. The number of nitrogens with two attached hydrogens (primary N) is 1. The Morgan fingerprint density at radius 3 is 2.56 bits per heavy atom. The van der Waals surface area contributed by atoms with Crippen LogP contribution in [0.1, 0.15) is 30.7 Å². The fourth-order valence-electron chi connectivity index (χ4n) is 2.29. The number of aliphatic imine (C=N–C) groups is 1. The molecule has 0 saturated heterocycles. The molecular weight excluding hydrogens is 337 g/mol. The van der Waals surface area contributed by atoms with Crippen LogP contribution in [0.2, 0.25) is 0 Å². The number of halogens is 1. The minimum absolute atomic E-state index is 0. The van der Waals surface area contributed by atoms with E-state index in [4.69, 9.17) is 5.73 Å². The molecule has 2 saturated carbocycles. The van der Waals surface area contributed by atoms with Crippen molar-refractivity contribution < 1.29 is 0 Å². The maximum absolute atomic E-state index is 6.02. The average Bonchev–Trinajstić information content (AvgIpc) is 3.23. The molecule has 0 aromatic heterocycles. The molecule has 2 unspecified atom stereocenters. The standard InChI is InChI=1S/C14H19N3.HI/c1-17(11-7-8-11)14(15)16-13-9-12(13)10-5-3-2-4-6-10;/h2-6,11-13H,7-9H2,1H3,(H2,15,16);1H. The number of benzene rings is 1. The minimum atomic E-state index is 0. The Bertz CT molecular complexity index is 428. The Labute approximate surface area is 125 Å².